The van der Waals surface area contributed by atoms with Crippen LogP contribution in [-0.2, 0) is 0 Å². The van der Waals surface area contributed by atoms with Crippen LogP contribution in [0.2, 0.25) is 10.0 Å². The molecule has 0 bridgehead atoms. The second-order valence-electron chi connectivity index (χ2n) is 7.84. The van der Waals surface area contributed by atoms with Gasteiger partial charge in [0.25, 0.3) is 0 Å². The number of aliphatic imine (C=N–C) groups is 4. The normalized spacial score (nSPS) is 19.4. The predicted octanol–water partition coefficient (Wildman–Crippen LogP) is 3.45. The van der Waals surface area contributed by atoms with Crippen molar-refractivity contribution >= 4 is 83.2 Å². The van der Waals surface area contributed by atoms with Crippen molar-refractivity contribution < 1.29 is 0 Å². The second-order valence-corrected chi connectivity index (χ2v) is 8.71. The first-order valence-corrected chi connectivity index (χ1v) is 11.3. The number of rotatable bonds is 2. The number of halogens is 4. The molecule has 1 aliphatic heterocycles. The summed E-state index contributed by atoms with van der Waals surface area (Å²) in [5, 5.41) is 1.23. The second kappa shape index (κ2) is 14.0. The molecule has 2 unspecified atom stereocenters. The van der Waals surface area contributed by atoms with E-state index < -0.39 is 0 Å². The maximum absolute atomic E-state index is 6.24. The van der Waals surface area contributed by atoms with Crippen molar-refractivity contribution in [1.82, 2.24) is 9.80 Å². The Kier molecular flexibility index (Phi) is 12.1. The summed E-state index contributed by atoms with van der Waals surface area (Å²) in [5.74, 6) is 0.644. The van der Waals surface area contributed by atoms with Gasteiger partial charge in [-0.15, -0.1) is 24.8 Å². The van der Waals surface area contributed by atoms with E-state index in [0.29, 0.717) is 34.5 Å². The Morgan fingerprint density at radius 1 is 0.667 bits per heavy atom. The van der Waals surface area contributed by atoms with Crippen molar-refractivity contribution in [2.24, 2.45) is 42.9 Å². The van der Waals surface area contributed by atoms with Crippen LogP contribution in [0.15, 0.2) is 68.5 Å². The number of hydrogen-bond acceptors (Lipinski definition) is 2. The van der Waals surface area contributed by atoms with Crippen molar-refractivity contribution in [3.05, 3.63) is 58.6 Å². The Labute approximate surface area is 233 Å². The molecule has 0 amide bonds. The largest absolute Gasteiger partial charge is 0.369 e. The van der Waals surface area contributed by atoms with Crippen molar-refractivity contribution in [2.45, 2.75) is 25.9 Å². The fourth-order valence-corrected chi connectivity index (χ4v) is 3.73. The summed E-state index contributed by atoms with van der Waals surface area (Å²) in [6.07, 6.45) is 0. The average Bonchev–Trinajstić information content (AvgIpc) is 2.78. The van der Waals surface area contributed by atoms with Gasteiger partial charge in [-0.2, -0.15) is 9.98 Å². The number of nitrogens with zero attached hydrogens (tertiary/aromatic N) is 6. The van der Waals surface area contributed by atoms with E-state index >= 15 is 0 Å². The van der Waals surface area contributed by atoms with E-state index in [2.05, 4.69) is 20.0 Å². The van der Waals surface area contributed by atoms with Crippen molar-refractivity contribution in [2.75, 3.05) is 13.1 Å². The molecule has 2 aromatic rings. The van der Waals surface area contributed by atoms with Crippen LogP contribution in [0.5, 0.6) is 0 Å². The smallest absolute Gasteiger partial charge is 0.223 e. The molecule has 14 heteroatoms. The van der Waals surface area contributed by atoms with Gasteiger partial charge in [0.05, 0.1) is 11.4 Å². The molecule has 2 aromatic carbocycles. The summed E-state index contributed by atoms with van der Waals surface area (Å²) >= 11 is 11.8. The zero-order valence-electron chi connectivity index (χ0n) is 19.8. The highest BCUT2D eigenvalue weighted by molar-refractivity contribution is 6.30. The molecule has 0 spiro atoms. The lowest BCUT2D eigenvalue weighted by Crippen LogP contribution is -2.62. The highest BCUT2D eigenvalue weighted by Gasteiger charge is 2.31. The molecule has 196 valence electrons. The van der Waals surface area contributed by atoms with Crippen LogP contribution in [0.1, 0.15) is 13.8 Å². The van der Waals surface area contributed by atoms with Gasteiger partial charge in [0, 0.05) is 35.2 Å². The first-order chi connectivity index (χ1) is 16.1. The van der Waals surface area contributed by atoms with Gasteiger partial charge in [-0.25, -0.2) is 9.98 Å². The van der Waals surface area contributed by atoms with Gasteiger partial charge in [-0.3, -0.25) is 0 Å². The molecule has 1 aliphatic rings. The van der Waals surface area contributed by atoms with E-state index in [9.17, 15) is 0 Å². The van der Waals surface area contributed by atoms with Crippen LogP contribution in [0, 0.1) is 0 Å². The zero-order valence-corrected chi connectivity index (χ0v) is 22.9. The lowest BCUT2D eigenvalue weighted by Gasteiger charge is -2.44. The number of benzene rings is 2. The third-order valence-corrected chi connectivity index (χ3v) is 5.68. The standard InChI is InChI=1S/C22H28Cl2N10.2ClH/c1-13-11-34(22(28)32-20(26)30-18-9-5-16(24)6-10-18)14(2)12-33(13)21(27)31-19(25)29-17-7-3-15(23)4-8-17;;/h3-10,13-14H,11-12H2,1-2H3,(H4,25,27,29,31)(H4,26,28,30,32);2*1H. The zero-order chi connectivity index (χ0) is 24.8. The maximum atomic E-state index is 6.24. The summed E-state index contributed by atoms with van der Waals surface area (Å²) in [5.41, 5.74) is 25.7. The summed E-state index contributed by atoms with van der Waals surface area (Å²) in [7, 11) is 0. The lowest BCUT2D eigenvalue weighted by molar-refractivity contribution is 0.143. The van der Waals surface area contributed by atoms with E-state index in [0.717, 1.165) is 0 Å². The molecule has 10 nitrogen and oxygen atoms in total. The first kappa shape index (κ1) is 31.1. The van der Waals surface area contributed by atoms with Crippen LogP contribution >= 0.6 is 48.0 Å². The molecule has 8 N–H and O–H groups in total. The predicted molar refractivity (Wildman–Crippen MR) is 156 cm³/mol. The van der Waals surface area contributed by atoms with Crippen LogP contribution < -0.4 is 22.9 Å². The molecule has 36 heavy (non-hydrogen) atoms. The average molecular weight is 576 g/mol. The summed E-state index contributed by atoms with van der Waals surface area (Å²) in [6, 6.07) is 13.8. The summed E-state index contributed by atoms with van der Waals surface area (Å²) in [6.45, 7) is 5.11. The van der Waals surface area contributed by atoms with Crippen molar-refractivity contribution in [1.29, 1.82) is 0 Å². The van der Waals surface area contributed by atoms with Gasteiger partial charge in [0.15, 0.2) is 11.9 Å². The fourth-order valence-electron chi connectivity index (χ4n) is 3.47. The number of hydrogen-bond donors (Lipinski definition) is 4. The van der Waals surface area contributed by atoms with E-state index in [1.807, 2.05) is 23.6 Å². The minimum atomic E-state index is -0.0218. The lowest BCUT2D eigenvalue weighted by atomic mass is 10.1. The molecule has 0 aliphatic carbocycles. The summed E-state index contributed by atoms with van der Waals surface area (Å²) < 4.78 is 0. The minimum absolute atomic E-state index is 0. The molecule has 0 radical (unpaired) electrons. The van der Waals surface area contributed by atoms with Crippen LogP contribution in [0.3, 0.4) is 0 Å². The SMILES string of the molecule is CC1CN(/C(N)=N/C(N)=Nc2ccc(Cl)cc2)C(C)CN1/C(N)=N/C(N)=Nc1ccc(Cl)cc1.Cl.Cl. The number of piperazine rings is 1. The Morgan fingerprint density at radius 3 is 1.28 bits per heavy atom. The van der Waals surface area contributed by atoms with Gasteiger partial charge in [-0.05, 0) is 62.4 Å². The fraction of sp³-hybridized carbons (Fsp3) is 0.273. The van der Waals surface area contributed by atoms with E-state index in [1.54, 1.807) is 48.5 Å². The van der Waals surface area contributed by atoms with Crippen LogP contribution in [-0.4, -0.2) is 58.8 Å². The molecule has 1 fully saturated rings. The molecule has 0 aromatic heterocycles. The molecule has 1 heterocycles. The number of guanidine groups is 4. The highest BCUT2D eigenvalue weighted by atomic mass is 35.5. The Morgan fingerprint density at radius 2 is 0.972 bits per heavy atom. The number of nitrogens with two attached hydrogens (primary N) is 4. The van der Waals surface area contributed by atoms with Gasteiger partial charge in [0.1, 0.15) is 0 Å². The first-order valence-electron chi connectivity index (χ1n) is 10.5. The van der Waals surface area contributed by atoms with Gasteiger partial charge >= 0.3 is 0 Å². The van der Waals surface area contributed by atoms with Crippen molar-refractivity contribution in [3.63, 3.8) is 0 Å². The summed E-state index contributed by atoms with van der Waals surface area (Å²) in [4.78, 5) is 20.9. The van der Waals surface area contributed by atoms with E-state index in [1.165, 1.54) is 0 Å². The van der Waals surface area contributed by atoms with Gasteiger partial charge < -0.3 is 32.7 Å². The molecule has 2 atom stereocenters. The van der Waals surface area contributed by atoms with Crippen LogP contribution in [0.4, 0.5) is 11.4 Å². The Hall–Kier alpha value is -2.92. The van der Waals surface area contributed by atoms with Gasteiger partial charge in [-0.1, -0.05) is 23.2 Å². The van der Waals surface area contributed by atoms with E-state index in [4.69, 9.17) is 46.1 Å². The third kappa shape index (κ3) is 8.63. The molecular formula is C22H30Cl4N10. The van der Waals surface area contributed by atoms with Crippen molar-refractivity contribution in [3.8, 4) is 0 Å². The topological polar surface area (TPSA) is 160 Å². The maximum Gasteiger partial charge on any atom is 0.223 e. The monoisotopic (exact) mass is 574 g/mol. The Balaban J connectivity index is 0.00000324. The Bertz CT molecular complexity index is 1030. The quantitative estimate of drug-likeness (QED) is 0.317. The third-order valence-electron chi connectivity index (χ3n) is 5.17. The molecular weight excluding hydrogens is 546 g/mol. The van der Waals surface area contributed by atoms with Crippen LogP contribution in [0.25, 0.3) is 0 Å². The molecule has 0 saturated carbocycles. The molecule has 3 rings (SSSR count). The van der Waals surface area contributed by atoms with Gasteiger partial charge in [0.2, 0.25) is 11.9 Å². The minimum Gasteiger partial charge on any atom is -0.369 e. The van der Waals surface area contributed by atoms with E-state index in [-0.39, 0.29) is 60.7 Å². The molecule has 1 saturated heterocycles. The highest BCUT2D eigenvalue weighted by Crippen LogP contribution is 2.18.